The molecule has 0 bridgehead atoms. The Kier molecular flexibility index (Phi) is 13.1. The van der Waals surface area contributed by atoms with Crippen LogP contribution in [0.3, 0.4) is 0 Å². The van der Waals surface area contributed by atoms with Crippen molar-refractivity contribution in [2.24, 2.45) is 5.73 Å². The van der Waals surface area contributed by atoms with Crippen molar-refractivity contribution in [1.29, 1.82) is 0 Å². The number of hydrogen-bond acceptors (Lipinski definition) is 7. The molecule has 0 radical (unpaired) electrons. The van der Waals surface area contributed by atoms with Gasteiger partial charge in [-0.05, 0) is 112 Å². The fraction of sp³-hybridized carbons (Fsp3) is 0.265. The Morgan fingerprint density at radius 3 is 1.38 bits per heavy atom. The Morgan fingerprint density at radius 1 is 0.604 bits per heavy atom. The van der Waals surface area contributed by atoms with Crippen LogP contribution in [0.1, 0.15) is 16.7 Å². The molecule has 0 aromatic heterocycles. The van der Waals surface area contributed by atoms with Crippen LogP contribution in [-0.2, 0) is 19.6 Å². The number of rotatable bonds is 11. The second kappa shape index (κ2) is 16.7. The maximum atomic E-state index is 12.2. The molecular weight excluding hydrogens is 642 g/mol. The van der Waals surface area contributed by atoms with Gasteiger partial charge in [0, 0.05) is 25.2 Å². The van der Waals surface area contributed by atoms with Crippen LogP contribution in [-0.4, -0.2) is 50.7 Å². The number of nitrogens with two attached hydrogens (primary N) is 1. The Morgan fingerprint density at radius 2 is 1.00 bits per heavy atom. The van der Waals surface area contributed by atoms with Gasteiger partial charge in [0.25, 0.3) is 0 Å². The SMILES string of the molecule is CN(C)Cc1cc(CN)ccc1Oc1ccc(OC(F)(F)F)cc1.[C-]#[N+]c1ccc(Oc2ccc(OC(F)(F)F)cc2)c(CN(C)C)c1. The molecule has 4 aromatic rings. The highest BCUT2D eigenvalue weighted by Crippen LogP contribution is 2.32. The molecule has 0 fully saturated rings. The molecule has 0 aliphatic carbocycles. The van der Waals surface area contributed by atoms with E-state index in [1.165, 1.54) is 48.5 Å². The molecule has 14 heteroatoms. The lowest BCUT2D eigenvalue weighted by Gasteiger charge is -2.16. The second-order valence-corrected chi connectivity index (χ2v) is 10.8. The fourth-order valence-electron chi connectivity index (χ4n) is 4.20. The molecule has 256 valence electrons. The molecule has 0 amide bonds. The average molecular weight is 677 g/mol. The first kappa shape index (κ1) is 37.5. The van der Waals surface area contributed by atoms with Gasteiger partial charge in [0.1, 0.15) is 34.5 Å². The topological polar surface area (TPSA) is 73.8 Å². The van der Waals surface area contributed by atoms with Crippen LogP contribution in [0.2, 0.25) is 0 Å². The molecule has 0 heterocycles. The molecule has 0 atom stereocenters. The van der Waals surface area contributed by atoms with E-state index in [0.717, 1.165) is 16.7 Å². The third-order valence-corrected chi connectivity index (χ3v) is 6.08. The highest BCUT2D eigenvalue weighted by molar-refractivity contribution is 5.53. The summed E-state index contributed by atoms with van der Waals surface area (Å²) in [6.07, 6.45) is -9.43. The zero-order valence-corrected chi connectivity index (χ0v) is 26.5. The molecule has 0 aliphatic rings. The Bertz CT molecular complexity index is 1650. The first-order valence-electron chi connectivity index (χ1n) is 14.2. The predicted molar refractivity (Wildman–Crippen MR) is 168 cm³/mol. The molecule has 0 saturated heterocycles. The molecule has 0 spiro atoms. The van der Waals surface area contributed by atoms with E-state index < -0.39 is 12.7 Å². The minimum Gasteiger partial charge on any atom is -0.457 e. The lowest BCUT2D eigenvalue weighted by atomic mass is 10.1. The van der Waals surface area contributed by atoms with Crippen molar-refractivity contribution in [1.82, 2.24) is 9.80 Å². The summed E-state index contributed by atoms with van der Waals surface area (Å²) < 4.78 is 92.1. The molecule has 2 N–H and O–H groups in total. The van der Waals surface area contributed by atoms with Gasteiger partial charge in [-0.2, -0.15) is 0 Å². The zero-order chi connectivity index (χ0) is 35.5. The summed E-state index contributed by atoms with van der Waals surface area (Å²) in [7, 11) is 7.64. The van der Waals surface area contributed by atoms with E-state index in [0.29, 0.717) is 48.3 Å². The Balaban J connectivity index is 0.000000260. The first-order valence-corrected chi connectivity index (χ1v) is 14.2. The third-order valence-electron chi connectivity index (χ3n) is 6.08. The van der Waals surface area contributed by atoms with E-state index in [4.69, 9.17) is 21.8 Å². The highest BCUT2D eigenvalue weighted by atomic mass is 19.4. The number of ether oxygens (including phenoxy) is 4. The minimum atomic E-state index is -4.73. The summed E-state index contributed by atoms with van der Waals surface area (Å²) in [6, 6.07) is 21.1. The lowest BCUT2D eigenvalue weighted by Crippen LogP contribution is -2.16. The number of benzene rings is 4. The van der Waals surface area contributed by atoms with Crippen LogP contribution in [0, 0.1) is 6.57 Å². The molecule has 48 heavy (non-hydrogen) atoms. The van der Waals surface area contributed by atoms with E-state index in [1.807, 2.05) is 50.1 Å². The summed E-state index contributed by atoms with van der Waals surface area (Å²) in [5, 5.41) is 0. The van der Waals surface area contributed by atoms with Gasteiger partial charge in [-0.25, -0.2) is 4.85 Å². The molecule has 0 aliphatic heterocycles. The quantitative estimate of drug-likeness (QED) is 0.126. The largest absolute Gasteiger partial charge is 0.573 e. The normalized spacial score (nSPS) is 11.4. The zero-order valence-electron chi connectivity index (χ0n) is 26.5. The van der Waals surface area contributed by atoms with Gasteiger partial charge < -0.3 is 34.5 Å². The van der Waals surface area contributed by atoms with Crippen molar-refractivity contribution >= 4 is 5.69 Å². The lowest BCUT2D eigenvalue weighted by molar-refractivity contribution is -0.275. The molecule has 4 rings (SSSR count). The monoisotopic (exact) mass is 676 g/mol. The van der Waals surface area contributed by atoms with Gasteiger partial charge in [0.15, 0.2) is 5.69 Å². The maximum Gasteiger partial charge on any atom is 0.573 e. The highest BCUT2D eigenvalue weighted by Gasteiger charge is 2.31. The van der Waals surface area contributed by atoms with Gasteiger partial charge in [0.2, 0.25) is 0 Å². The van der Waals surface area contributed by atoms with Crippen molar-refractivity contribution in [2.75, 3.05) is 28.2 Å². The summed E-state index contributed by atoms with van der Waals surface area (Å²) in [5.41, 5.74) is 8.88. The van der Waals surface area contributed by atoms with Crippen LogP contribution >= 0.6 is 0 Å². The predicted octanol–water partition coefficient (Wildman–Crippen LogP) is 8.89. The van der Waals surface area contributed by atoms with Crippen LogP contribution in [0.15, 0.2) is 84.9 Å². The molecule has 8 nitrogen and oxygen atoms in total. The van der Waals surface area contributed by atoms with E-state index in [1.54, 1.807) is 24.3 Å². The van der Waals surface area contributed by atoms with Crippen LogP contribution < -0.4 is 24.7 Å². The van der Waals surface area contributed by atoms with Crippen molar-refractivity contribution in [3.05, 3.63) is 113 Å². The number of nitrogens with zero attached hydrogens (tertiary/aromatic N) is 3. The fourth-order valence-corrected chi connectivity index (χ4v) is 4.20. The summed E-state index contributed by atoms with van der Waals surface area (Å²) >= 11 is 0. The van der Waals surface area contributed by atoms with Gasteiger partial charge in [-0.15, -0.1) is 26.3 Å². The molecule has 4 aromatic carbocycles. The van der Waals surface area contributed by atoms with Gasteiger partial charge >= 0.3 is 12.7 Å². The van der Waals surface area contributed by atoms with Crippen LogP contribution in [0.5, 0.6) is 34.5 Å². The second-order valence-electron chi connectivity index (χ2n) is 10.8. The standard InChI is InChI=1S/C17H15F3N2O2.C17H19F3N2O2/c1-21-13-4-9-16(12(10-13)11-22(2)3)23-14-5-7-15(8-6-14)24-17(18,19)20;1-22(2)11-13-9-12(10-21)3-8-16(13)23-14-4-6-15(7-5-14)24-17(18,19)20/h4-10H,11H2,2-3H3;3-9H,10-11,21H2,1-2H3. The number of hydrogen-bond donors (Lipinski definition) is 1. The van der Waals surface area contributed by atoms with Crippen molar-refractivity contribution in [3.8, 4) is 34.5 Å². The van der Waals surface area contributed by atoms with E-state index in [9.17, 15) is 26.3 Å². The van der Waals surface area contributed by atoms with Crippen LogP contribution in [0.4, 0.5) is 32.0 Å². The molecule has 0 saturated carbocycles. The average Bonchev–Trinajstić information content (AvgIpc) is 2.99. The van der Waals surface area contributed by atoms with Crippen molar-refractivity contribution < 1.29 is 45.3 Å². The molecule has 0 unspecified atom stereocenters. The van der Waals surface area contributed by atoms with Gasteiger partial charge in [-0.3, -0.25) is 0 Å². The number of alkyl halides is 6. The Hall–Kier alpha value is -4.97. The number of halogens is 6. The van der Waals surface area contributed by atoms with Crippen molar-refractivity contribution in [2.45, 2.75) is 32.4 Å². The summed E-state index contributed by atoms with van der Waals surface area (Å²) in [5.74, 6) is 1.37. The molecular formula is C34H34F6N4O4. The summed E-state index contributed by atoms with van der Waals surface area (Å²) in [6.45, 7) is 8.71. The van der Waals surface area contributed by atoms with Crippen LogP contribution in [0.25, 0.3) is 4.85 Å². The minimum absolute atomic E-state index is 0.290. The van der Waals surface area contributed by atoms with E-state index >= 15 is 0 Å². The van der Waals surface area contributed by atoms with E-state index in [2.05, 4.69) is 14.3 Å². The first-order chi connectivity index (χ1) is 22.5. The van der Waals surface area contributed by atoms with Gasteiger partial charge in [0.05, 0.1) is 6.57 Å². The smallest absolute Gasteiger partial charge is 0.457 e. The van der Waals surface area contributed by atoms with Gasteiger partial charge in [-0.1, -0.05) is 12.1 Å². The maximum absolute atomic E-state index is 12.2. The Labute approximate surface area is 274 Å². The summed E-state index contributed by atoms with van der Waals surface area (Å²) in [4.78, 5) is 7.30. The third kappa shape index (κ3) is 13.0. The van der Waals surface area contributed by atoms with E-state index in [-0.39, 0.29) is 11.5 Å². The van der Waals surface area contributed by atoms with Crippen molar-refractivity contribution in [3.63, 3.8) is 0 Å².